The van der Waals surface area contributed by atoms with Gasteiger partial charge in [-0.15, -0.1) is 0 Å². The predicted molar refractivity (Wildman–Crippen MR) is 48.7 cm³/mol. The van der Waals surface area contributed by atoms with Crippen LogP contribution in [0.5, 0.6) is 0 Å². The Morgan fingerprint density at radius 1 is 1.50 bits per heavy atom. The van der Waals surface area contributed by atoms with Gasteiger partial charge in [0.05, 0.1) is 6.42 Å². The van der Waals surface area contributed by atoms with Crippen LogP contribution in [0.1, 0.15) is 6.42 Å². The fraction of sp³-hybridized carbons (Fsp3) is 0.222. The quantitative estimate of drug-likeness (QED) is 0.607. The van der Waals surface area contributed by atoms with Crippen LogP contribution in [-0.4, -0.2) is 18.1 Å². The van der Waals surface area contributed by atoms with Gasteiger partial charge in [-0.05, 0) is 11.6 Å². The molecule has 2 N–H and O–H groups in total. The fourth-order valence-corrected chi connectivity index (χ4v) is 0.834. The van der Waals surface area contributed by atoms with Crippen LogP contribution >= 0.6 is 0 Å². The summed E-state index contributed by atoms with van der Waals surface area (Å²) in [5.74, 6) is -0.875. The van der Waals surface area contributed by atoms with Crippen molar-refractivity contribution in [3.05, 3.63) is 36.6 Å². The van der Waals surface area contributed by atoms with Crippen LogP contribution < -0.4 is 5.32 Å². The molecule has 3 heteroatoms. The number of hydrogen-bond acceptors (Lipinski definition) is 2. The monoisotopic (exact) mass is 167 g/mol. The van der Waals surface area contributed by atoms with E-state index >= 15 is 0 Å². The van der Waals surface area contributed by atoms with Gasteiger partial charge in [-0.1, -0.05) is 19.2 Å². The number of likely N-dealkylation sites (N-methyl/N-ethyl adjacent to an activating group) is 1. The van der Waals surface area contributed by atoms with Crippen LogP contribution in [0.25, 0.3) is 0 Å². The average Bonchev–Trinajstić information content (AvgIpc) is 2.04. The van der Waals surface area contributed by atoms with E-state index in [1.807, 2.05) is 0 Å². The number of carboxylic acid groups (broad SMARTS) is 1. The second-order valence-corrected chi connectivity index (χ2v) is 2.17. The first-order valence-electron chi connectivity index (χ1n) is 3.53. The lowest BCUT2D eigenvalue weighted by molar-refractivity contribution is -0.136. The Hall–Kier alpha value is -1.51. The lowest BCUT2D eigenvalue weighted by Gasteiger charge is -2.05. The predicted octanol–water partition coefficient (Wildman–Crippen LogP) is 1.31. The summed E-state index contributed by atoms with van der Waals surface area (Å²) in [6.07, 6.45) is 3.05. The molecule has 0 fully saturated rings. The minimum Gasteiger partial charge on any atom is -0.481 e. The first-order valence-corrected chi connectivity index (χ1v) is 3.53. The van der Waals surface area contributed by atoms with Gasteiger partial charge in [0.1, 0.15) is 0 Å². The number of carboxylic acids is 1. The lowest BCUT2D eigenvalue weighted by atomic mass is 10.1. The smallest absolute Gasteiger partial charge is 0.307 e. The van der Waals surface area contributed by atoms with Crippen LogP contribution in [0.2, 0.25) is 0 Å². The molecule has 12 heavy (non-hydrogen) atoms. The molecule has 0 aliphatic carbocycles. The minimum atomic E-state index is -0.875. The van der Waals surface area contributed by atoms with Crippen LogP contribution in [0.15, 0.2) is 36.6 Å². The zero-order valence-corrected chi connectivity index (χ0v) is 7.13. The number of carbonyl (C=O) groups is 1. The van der Waals surface area contributed by atoms with E-state index in [0.29, 0.717) is 11.3 Å². The van der Waals surface area contributed by atoms with Crippen molar-refractivity contribution in [2.75, 3.05) is 7.05 Å². The highest BCUT2D eigenvalue weighted by Gasteiger charge is 2.03. The van der Waals surface area contributed by atoms with Crippen LogP contribution in [0.3, 0.4) is 0 Å². The van der Waals surface area contributed by atoms with Crippen molar-refractivity contribution in [3.8, 4) is 0 Å². The Morgan fingerprint density at radius 3 is 2.33 bits per heavy atom. The Morgan fingerprint density at radius 2 is 2.08 bits per heavy atom. The van der Waals surface area contributed by atoms with E-state index in [1.54, 1.807) is 13.1 Å². The van der Waals surface area contributed by atoms with E-state index in [4.69, 9.17) is 5.11 Å². The SMILES string of the molecule is C=C/C(CC(=O)O)=C(\C=C)NC. The van der Waals surface area contributed by atoms with Gasteiger partial charge in [0, 0.05) is 12.7 Å². The van der Waals surface area contributed by atoms with Gasteiger partial charge in [0.25, 0.3) is 0 Å². The van der Waals surface area contributed by atoms with E-state index in [2.05, 4.69) is 18.5 Å². The van der Waals surface area contributed by atoms with Crippen LogP contribution in [0, 0.1) is 0 Å². The minimum absolute atomic E-state index is 0.0360. The van der Waals surface area contributed by atoms with Crippen molar-refractivity contribution >= 4 is 5.97 Å². The maximum absolute atomic E-state index is 10.4. The highest BCUT2D eigenvalue weighted by Crippen LogP contribution is 2.08. The van der Waals surface area contributed by atoms with Crippen molar-refractivity contribution in [2.45, 2.75) is 6.42 Å². The molecule has 0 spiro atoms. The molecule has 66 valence electrons. The van der Waals surface area contributed by atoms with E-state index in [0.717, 1.165) is 0 Å². The molecule has 0 aromatic rings. The summed E-state index contributed by atoms with van der Waals surface area (Å²) in [5, 5.41) is 11.3. The zero-order valence-electron chi connectivity index (χ0n) is 7.13. The van der Waals surface area contributed by atoms with Gasteiger partial charge in [-0.3, -0.25) is 4.79 Å². The number of hydrogen-bond donors (Lipinski definition) is 2. The third-order valence-corrected chi connectivity index (χ3v) is 1.41. The molecule has 0 aromatic heterocycles. The Balaban J connectivity index is 4.68. The average molecular weight is 167 g/mol. The first kappa shape index (κ1) is 10.5. The van der Waals surface area contributed by atoms with Crippen LogP contribution in [-0.2, 0) is 4.79 Å². The summed E-state index contributed by atoms with van der Waals surface area (Å²) in [6, 6.07) is 0. The largest absolute Gasteiger partial charge is 0.481 e. The maximum atomic E-state index is 10.4. The number of nitrogens with one attached hydrogen (secondary N) is 1. The molecule has 0 saturated carbocycles. The second kappa shape index (κ2) is 5.18. The molecule has 0 aliphatic rings. The highest BCUT2D eigenvalue weighted by atomic mass is 16.4. The number of rotatable bonds is 5. The molecule has 0 heterocycles. The van der Waals surface area contributed by atoms with Crippen LogP contribution in [0.4, 0.5) is 0 Å². The third-order valence-electron chi connectivity index (χ3n) is 1.41. The van der Waals surface area contributed by atoms with Gasteiger partial charge in [0.15, 0.2) is 0 Å². The fourth-order valence-electron chi connectivity index (χ4n) is 0.834. The molecular weight excluding hydrogens is 154 g/mol. The molecule has 3 nitrogen and oxygen atoms in total. The normalized spacial score (nSPS) is 11.4. The van der Waals surface area contributed by atoms with Crippen molar-refractivity contribution in [1.82, 2.24) is 5.32 Å². The van der Waals surface area contributed by atoms with E-state index < -0.39 is 5.97 Å². The molecule has 0 unspecified atom stereocenters. The summed E-state index contributed by atoms with van der Waals surface area (Å²) in [6.45, 7) is 7.07. The summed E-state index contributed by atoms with van der Waals surface area (Å²) in [7, 11) is 1.71. The maximum Gasteiger partial charge on any atom is 0.307 e. The third kappa shape index (κ3) is 3.05. The summed E-state index contributed by atoms with van der Waals surface area (Å²) < 4.78 is 0. The summed E-state index contributed by atoms with van der Waals surface area (Å²) in [5.41, 5.74) is 1.34. The van der Waals surface area contributed by atoms with Gasteiger partial charge < -0.3 is 10.4 Å². The number of aliphatic carboxylic acids is 1. The molecule has 0 atom stereocenters. The van der Waals surface area contributed by atoms with Gasteiger partial charge >= 0.3 is 5.97 Å². The van der Waals surface area contributed by atoms with Gasteiger partial charge in [-0.2, -0.15) is 0 Å². The Bertz CT molecular complexity index is 229. The standard InChI is InChI=1S/C9H13NO2/c1-4-7(6-9(11)12)8(5-2)10-3/h4-5,10H,1-2,6H2,3H3,(H,11,12)/b8-7-. The Labute approximate surface area is 72.1 Å². The van der Waals surface area contributed by atoms with Crippen molar-refractivity contribution in [2.24, 2.45) is 0 Å². The summed E-state index contributed by atoms with van der Waals surface area (Å²) >= 11 is 0. The molecule has 0 amide bonds. The lowest BCUT2D eigenvalue weighted by Crippen LogP contribution is -2.08. The van der Waals surface area contributed by atoms with Crippen molar-refractivity contribution in [3.63, 3.8) is 0 Å². The molecular formula is C9H13NO2. The molecule has 0 saturated heterocycles. The molecule has 0 aromatic carbocycles. The molecule has 0 rings (SSSR count). The second-order valence-electron chi connectivity index (χ2n) is 2.17. The Kier molecular flexibility index (Phi) is 4.53. The highest BCUT2D eigenvalue weighted by molar-refractivity contribution is 5.71. The van der Waals surface area contributed by atoms with E-state index in [9.17, 15) is 4.79 Å². The number of allylic oxidation sites excluding steroid dienone is 2. The van der Waals surface area contributed by atoms with Crippen molar-refractivity contribution in [1.29, 1.82) is 0 Å². The molecule has 0 aliphatic heterocycles. The van der Waals surface area contributed by atoms with Crippen molar-refractivity contribution < 1.29 is 9.90 Å². The topological polar surface area (TPSA) is 49.3 Å². The van der Waals surface area contributed by atoms with E-state index in [-0.39, 0.29) is 6.42 Å². The van der Waals surface area contributed by atoms with Gasteiger partial charge in [-0.25, -0.2) is 0 Å². The summed E-state index contributed by atoms with van der Waals surface area (Å²) in [4.78, 5) is 10.4. The molecule has 0 radical (unpaired) electrons. The van der Waals surface area contributed by atoms with Gasteiger partial charge in [0.2, 0.25) is 0 Å². The zero-order chi connectivity index (χ0) is 9.56. The van der Waals surface area contributed by atoms with E-state index in [1.165, 1.54) is 6.08 Å². The first-order chi connectivity index (χ1) is 5.65. The molecule has 0 bridgehead atoms.